The van der Waals surface area contributed by atoms with Gasteiger partial charge in [-0.15, -0.1) is 0 Å². The van der Waals surface area contributed by atoms with E-state index in [1.165, 1.54) is 0 Å². The number of nitrogens with zero attached hydrogens (tertiary/aromatic N) is 1. The molecule has 1 amide bonds. The zero-order valence-electron chi connectivity index (χ0n) is 11.5. The van der Waals surface area contributed by atoms with Crippen molar-refractivity contribution in [2.24, 2.45) is 5.92 Å². The minimum atomic E-state index is -0.390. The molecule has 0 aromatic carbocycles. The Labute approximate surface area is 105 Å². The summed E-state index contributed by atoms with van der Waals surface area (Å²) in [4.78, 5) is 13.7. The van der Waals surface area contributed by atoms with Crippen LogP contribution in [0.3, 0.4) is 0 Å². The number of hydrogen-bond acceptors (Lipinski definition) is 2. The molecular weight excluding hydrogens is 214 g/mol. The van der Waals surface area contributed by atoms with Gasteiger partial charge in [-0.2, -0.15) is 0 Å². The first-order valence-electron chi connectivity index (χ1n) is 6.51. The van der Waals surface area contributed by atoms with Crippen molar-refractivity contribution in [1.29, 1.82) is 0 Å². The SMILES string of the molecule is C/C=C/CC1CCN(C(=O)OC(C)(C)C)CC1. The van der Waals surface area contributed by atoms with Crippen LogP contribution in [0.25, 0.3) is 0 Å². The molecule has 3 heteroatoms. The van der Waals surface area contributed by atoms with Gasteiger partial charge >= 0.3 is 6.09 Å². The lowest BCUT2D eigenvalue weighted by atomic mass is 9.94. The standard InChI is InChI=1S/C14H25NO2/c1-5-6-7-12-8-10-15(11-9-12)13(16)17-14(2,3)4/h5-6,12H,7-11H2,1-4H3/b6-5+. The fourth-order valence-corrected chi connectivity index (χ4v) is 2.01. The van der Waals surface area contributed by atoms with Crippen molar-refractivity contribution in [3.05, 3.63) is 12.2 Å². The van der Waals surface area contributed by atoms with Gasteiger partial charge in [-0.25, -0.2) is 4.79 Å². The topological polar surface area (TPSA) is 29.5 Å². The van der Waals surface area contributed by atoms with Crippen molar-refractivity contribution in [2.75, 3.05) is 13.1 Å². The third-order valence-electron chi connectivity index (χ3n) is 2.97. The van der Waals surface area contributed by atoms with Gasteiger partial charge in [0, 0.05) is 13.1 Å². The Morgan fingerprint density at radius 3 is 2.41 bits per heavy atom. The van der Waals surface area contributed by atoms with Gasteiger partial charge in [-0.1, -0.05) is 12.2 Å². The van der Waals surface area contributed by atoms with Crippen LogP contribution >= 0.6 is 0 Å². The summed E-state index contributed by atoms with van der Waals surface area (Å²) >= 11 is 0. The van der Waals surface area contributed by atoms with E-state index in [0.29, 0.717) is 0 Å². The molecule has 1 heterocycles. The lowest BCUT2D eigenvalue weighted by Crippen LogP contribution is -2.41. The molecular formula is C14H25NO2. The number of amides is 1. The second-order valence-corrected chi connectivity index (χ2v) is 5.72. The van der Waals surface area contributed by atoms with Crippen molar-refractivity contribution in [3.63, 3.8) is 0 Å². The van der Waals surface area contributed by atoms with E-state index in [4.69, 9.17) is 4.74 Å². The summed E-state index contributed by atoms with van der Waals surface area (Å²) in [5, 5.41) is 0. The smallest absolute Gasteiger partial charge is 0.410 e. The minimum Gasteiger partial charge on any atom is -0.444 e. The molecule has 17 heavy (non-hydrogen) atoms. The van der Waals surface area contributed by atoms with Crippen molar-refractivity contribution < 1.29 is 9.53 Å². The molecule has 0 unspecified atom stereocenters. The molecule has 3 nitrogen and oxygen atoms in total. The van der Waals surface area contributed by atoms with Crippen LogP contribution < -0.4 is 0 Å². The Morgan fingerprint density at radius 2 is 1.94 bits per heavy atom. The van der Waals surface area contributed by atoms with Crippen LogP contribution in [0.15, 0.2) is 12.2 Å². The van der Waals surface area contributed by atoms with E-state index in [2.05, 4.69) is 19.1 Å². The number of rotatable bonds is 2. The summed E-state index contributed by atoms with van der Waals surface area (Å²) in [5.41, 5.74) is -0.390. The van der Waals surface area contributed by atoms with E-state index in [-0.39, 0.29) is 11.7 Å². The molecule has 0 aromatic heterocycles. The van der Waals surface area contributed by atoms with Crippen LogP contribution in [-0.4, -0.2) is 29.7 Å². The van der Waals surface area contributed by atoms with E-state index < -0.39 is 0 Å². The normalized spacial score (nSPS) is 18.7. The van der Waals surface area contributed by atoms with Gasteiger partial charge in [0.2, 0.25) is 0 Å². The highest BCUT2D eigenvalue weighted by Crippen LogP contribution is 2.22. The average molecular weight is 239 g/mol. The summed E-state index contributed by atoms with van der Waals surface area (Å²) in [5.74, 6) is 0.727. The van der Waals surface area contributed by atoms with Gasteiger partial charge in [0.05, 0.1) is 0 Å². The van der Waals surface area contributed by atoms with E-state index in [1.807, 2.05) is 25.7 Å². The van der Waals surface area contributed by atoms with E-state index >= 15 is 0 Å². The fraction of sp³-hybridized carbons (Fsp3) is 0.786. The Bertz CT molecular complexity index is 270. The summed E-state index contributed by atoms with van der Waals surface area (Å²) in [6.07, 6.45) is 7.46. The predicted octanol–water partition coefficient (Wildman–Crippen LogP) is 3.60. The van der Waals surface area contributed by atoms with Gasteiger partial charge in [-0.3, -0.25) is 0 Å². The molecule has 1 saturated heterocycles. The largest absolute Gasteiger partial charge is 0.444 e. The maximum atomic E-state index is 11.8. The third kappa shape index (κ3) is 5.24. The summed E-state index contributed by atoms with van der Waals surface area (Å²) in [6.45, 7) is 9.43. The molecule has 0 saturated carbocycles. The Kier molecular flexibility index (Phi) is 5.03. The molecule has 0 aromatic rings. The lowest BCUT2D eigenvalue weighted by molar-refractivity contribution is 0.0185. The monoisotopic (exact) mass is 239 g/mol. The van der Waals surface area contributed by atoms with Crippen LogP contribution in [0.4, 0.5) is 4.79 Å². The Morgan fingerprint density at radius 1 is 1.35 bits per heavy atom. The molecule has 98 valence electrons. The van der Waals surface area contributed by atoms with E-state index in [9.17, 15) is 4.79 Å². The molecule has 1 aliphatic rings. The first kappa shape index (κ1) is 14.1. The molecule has 0 atom stereocenters. The number of carbonyl (C=O) groups is 1. The first-order valence-corrected chi connectivity index (χ1v) is 6.51. The van der Waals surface area contributed by atoms with Gasteiger partial charge < -0.3 is 9.64 Å². The quantitative estimate of drug-likeness (QED) is 0.689. The molecule has 0 radical (unpaired) electrons. The molecule has 0 spiro atoms. The van der Waals surface area contributed by atoms with Crippen molar-refractivity contribution >= 4 is 6.09 Å². The Hall–Kier alpha value is -0.990. The van der Waals surface area contributed by atoms with E-state index in [0.717, 1.165) is 38.3 Å². The highest BCUT2D eigenvalue weighted by molar-refractivity contribution is 5.68. The minimum absolute atomic E-state index is 0.165. The van der Waals surface area contributed by atoms with Crippen LogP contribution in [-0.2, 0) is 4.74 Å². The van der Waals surface area contributed by atoms with E-state index in [1.54, 1.807) is 0 Å². The van der Waals surface area contributed by atoms with Crippen LogP contribution in [0.5, 0.6) is 0 Å². The molecule has 1 fully saturated rings. The number of ether oxygens (including phenoxy) is 1. The predicted molar refractivity (Wildman–Crippen MR) is 70.0 cm³/mol. The molecule has 1 rings (SSSR count). The molecule has 0 bridgehead atoms. The zero-order valence-corrected chi connectivity index (χ0v) is 11.5. The third-order valence-corrected chi connectivity index (χ3v) is 2.97. The van der Waals surface area contributed by atoms with Gasteiger partial charge in [0.1, 0.15) is 5.60 Å². The number of piperidine rings is 1. The van der Waals surface area contributed by atoms with Crippen molar-refractivity contribution in [3.8, 4) is 0 Å². The highest BCUT2D eigenvalue weighted by atomic mass is 16.6. The van der Waals surface area contributed by atoms with Crippen LogP contribution in [0.1, 0.15) is 47.0 Å². The van der Waals surface area contributed by atoms with Crippen LogP contribution in [0, 0.1) is 5.92 Å². The Balaban J connectivity index is 2.34. The van der Waals surface area contributed by atoms with Crippen LogP contribution in [0.2, 0.25) is 0 Å². The number of allylic oxidation sites excluding steroid dienone is 2. The molecule has 0 N–H and O–H groups in total. The first-order chi connectivity index (χ1) is 7.92. The molecule has 1 aliphatic heterocycles. The number of hydrogen-bond donors (Lipinski definition) is 0. The maximum Gasteiger partial charge on any atom is 0.410 e. The lowest BCUT2D eigenvalue weighted by Gasteiger charge is -2.33. The van der Waals surface area contributed by atoms with Gasteiger partial charge in [0.15, 0.2) is 0 Å². The van der Waals surface area contributed by atoms with Gasteiger partial charge in [0.25, 0.3) is 0 Å². The fourth-order valence-electron chi connectivity index (χ4n) is 2.01. The number of carbonyl (C=O) groups excluding carboxylic acids is 1. The summed E-state index contributed by atoms with van der Waals surface area (Å²) in [6, 6.07) is 0. The highest BCUT2D eigenvalue weighted by Gasteiger charge is 2.26. The zero-order chi connectivity index (χ0) is 12.9. The summed E-state index contributed by atoms with van der Waals surface area (Å²) in [7, 11) is 0. The second kappa shape index (κ2) is 6.08. The van der Waals surface area contributed by atoms with Gasteiger partial charge in [-0.05, 0) is 52.9 Å². The molecule has 0 aliphatic carbocycles. The van der Waals surface area contributed by atoms with Crippen molar-refractivity contribution in [2.45, 2.75) is 52.6 Å². The van der Waals surface area contributed by atoms with Crippen molar-refractivity contribution in [1.82, 2.24) is 4.90 Å². The summed E-state index contributed by atoms with van der Waals surface area (Å²) < 4.78 is 5.37. The average Bonchev–Trinajstić information content (AvgIpc) is 2.24. The number of likely N-dealkylation sites (tertiary alicyclic amines) is 1. The second-order valence-electron chi connectivity index (χ2n) is 5.72. The maximum absolute atomic E-state index is 11.8.